The summed E-state index contributed by atoms with van der Waals surface area (Å²) in [4.78, 5) is 38.4. The van der Waals surface area contributed by atoms with Crippen molar-refractivity contribution in [2.75, 3.05) is 13.2 Å². The average molecular weight is 1100 g/mol. The number of allylic oxidation sites excluding steroid dienone is 14. The summed E-state index contributed by atoms with van der Waals surface area (Å²) in [6.45, 7) is 6.54. The molecule has 0 heterocycles. The molecular formula is C73H128O6. The molecule has 0 amide bonds. The number of ether oxygens (including phenoxy) is 3. The minimum Gasteiger partial charge on any atom is -0.462 e. The Morgan fingerprint density at radius 1 is 0.266 bits per heavy atom. The van der Waals surface area contributed by atoms with Gasteiger partial charge < -0.3 is 14.2 Å². The standard InChI is InChI=1S/C73H128O6/c1-4-7-10-13-16-19-22-25-28-31-33-34-35-36-37-38-40-42-45-48-51-54-57-60-63-66-72(75)78-69-70(68-77-71(74)65-62-59-56-53-50-47-44-41-30-27-24-21-18-15-12-9-6-3)79-73(76)67-64-61-58-55-52-49-46-43-39-32-29-26-23-20-17-14-11-8-5-2/h8,11,17,20,22,25-26,29,31,33,39,43,49,52,70H,4-7,9-10,12-16,18-19,21,23-24,27-28,30,32,34-38,40-42,44-48,50-51,53-69H2,1-3H3/b11-8-,20-17-,25-22-,29-26-,33-31-,43-39-,52-49-. The fourth-order valence-corrected chi connectivity index (χ4v) is 9.80. The van der Waals surface area contributed by atoms with E-state index in [1.807, 2.05) is 0 Å². The Balaban J connectivity index is 4.37. The molecule has 0 aliphatic carbocycles. The molecule has 0 fully saturated rings. The normalized spacial score (nSPS) is 12.6. The van der Waals surface area contributed by atoms with Gasteiger partial charge in [0.1, 0.15) is 13.2 Å². The maximum absolute atomic E-state index is 12.9. The first-order valence-corrected chi connectivity index (χ1v) is 34.1. The van der Waals surface area contributed by atoms with Gasteiger partial charge in [-0.1, -0.05) is 311 Å². The molecule has 0 aromatic carbocycles. The summed E-state index contributed by atoms with van der Waals surface area (Å²) in [7, 11) is 0. The van der Waals surface area contributed by atoms with E-state index in [-0.39, 0.29) is 31.1 Å². The van der Waals surface area contributed by atoms with Gasteiger partial charge in [-0.2, -0.15) is 0 Å². The molecule has 1 atom stereocenters. The van der Waals surface area contributed by atoms with Crippen LogP contribution in [0.3, 0.4) is 0 Å². The third kappa shape index (κ3) is 65.3. The number of rotatable bonds is 62. The van der Waals surface area contributed by atoms with Crippen LogP contribution in [0, 0.1) is 0 Å². The van der Waals surface area contributed by atoms with Gasteiger partial charge >= 0.3 is 17.9 Å². The fraction of sp³-hybridized carbons (Fsp3) is 0.767. The van der Waals surface area contributed by atoms with Crippen molar-refractivity contribution >= 4 is 17.9 Å². The summed E-state index contributed by atoms with van der Waals surface area (Å²) < 4.78 is 17.0. The van der Waals surface area contributed by atoms with Crippen molar-refractivity contribution in [3.05, 3.63) is 85.1 Å². The first-order valence-electron chi connectivity index (χ1n) is 34.1. The third-order valence-electron chi connectivity index (χ3n) is 14.9. The van der Waals surface area contributed by atoms with E-state index in [1.54, 1.807) is 0 Å². The number of carbonyl (C=O) groups excluding carboxylic acids is 3. The Bertz CT molecular complexity index is 1500. The number of hydrogen-bond donors (Lipinski definition) is 0. The van der Waals surface area contributed by atoms with Crippen molar-refractivity contribution in [2.24, 2.45) is 0 Å². The van der Waals surface area contributed by atoms with Crippen molar-refractivity contribution in [3.63, 3.8) is 0 Å². The highest BCUT2D eigenvalue weighted by molar-refractivity contribution is 5.71. The largest absolute Gasteiger partial charge is 0.462 e. The SMILES string of the molecule is CC/C=C\C/C=C\C/C=C\C/C=C\C/C=C\CCCCCC(=O)OC(COC(=O)CCCCCCCCCCCCCCC/C=C\C/C=C\CCCCCCC)COC(=O)CCCCCCCCCCCCCCCCCCC. The Morgan fingerprint density at radius 2 is 0.494 bits per heavy atom. The molecule has 79 heavy (non-hydrogen) atoms. The van der Waals surface area contributed by atoms with Crippen LogP contribution < -0.4 is 0 Å². The number of esters is 3. The Labute approximate surface area is 490 Å². The molecule has 0 rings (SSSR count). The van der Waals surface area contributed by atoms with Crippen LogP contribution in [0.15, 0.2) is 85.1 Å². The zero-order valence-corrected chi connectivity index (χ0v) is 52.4. The average Bonchev–Trinajstić information content (AvgIpc) is 3.45. The summed E-state index contributed by atoms with van der Waals surface area (Å²) in [5.74, 6) is -0.902. The van der Waals surface area contributed by atoms with Crippen LogP contribution in [0.4, 0.5) is 0 Å². The molecule has 6 heteroatoms. The van der Waals surface area contributed by atoms with E-state index in [9.17, 15) is 14.4 Å². The van der Waals surface area contributed by atoms with Crippen molar-refractivity contribution in [1.29, 1.82) is 0 Å². The number of hydrogen-bond acceptors (Lipinski definition) is 6. The van der Waals surface area contributed by atoms with Crippen molar-refractivity contribution in [3.8, 4) is 0 Å². The molecule has 0 radical (unpaired) electrons. The zero-order chi connectivity index (χ0) is 57.1. The predicted molar refractivity (Wildman–Crippen MR) is 344 cm³/mol. The van der Waals surface area contributed by atoms with E-state index in [1.165, 1.54) is 199 Å². The molecule has 0 spiro atoms. The fourth-order valence-electron chi connectivity index (χ4n) is 9.80. The monoisotopic (exact) mass is 1100 g/mol. The molecular weight excluding hydrogens is 973 g/mol. The van der Waals surface area contributed by atoms with Crippen LogP contribution in [-0.4, -0.2) is 37.2 Å². The van der Waals surface area contributed by atoms with E-state index >= 15 is 0 Å². The third-order valence-corrected chi connectivity index (χ3v) is 14.9. The minimum absolute atomic E-state index is 0.0868. The van der Waals surface area contributed by atoms with Crippen LogP contribution in [-0.2, 0) is 28.6 Å². The van der Waals surface area contributed by atoms with Crippen LogP contribution in [0.5, 0.6) is 0 Å². The molecule has 456 valence electrons. The van der Waals surface area contributed by atoms with Crippen molar-refractivity contribution < 1.29 is 28.6 Å². The predicted octanol–water partition coefficient (Wildman–Crippen LogP) is 23.4. The van der Waals surface area contributed by atoms with Crippen LogP contribution in [0.25, 0.3) is 0 Å². The van der Waals surface area contributed by atoms with E-state index in [0.717, 1.165) is 103 Å². The number of unbranched alkanes of at least 4 members (excludes halogenated alkanes) is 37. The molecule has 0 aliphatic rings. The van der Waals surface area contributed by atoms with E-state index in [2.05, 4.69) is 106 Å². The minimum atomic E-state index is -0.795. The second kappa shape index (κ2) is 67.1. The summed E-state index contributed by atoms with van der Waals surface area (Å²) in [6, 6.07) is 0. The smallest absolute Gasteiger partial charge is 0.306 e. The summed E-state index contributed by atoms with van der Waals surface area (Å²) >= 11 is 0. The molecule has 0 bridgehead atoms. The lowest BCUT2D eigenvalue weighted by molar-refractivity contribution is -0.167. The first-order chi connectivity index (χ1) is 39.0. The molecule has 1 unspecified atom stereocenters. The summed E-state index contributed by atoms with van der Waals surface area (Å²) in [6.07, 6.45) is 88.8. The highest BCUT2D eigenvalue weighted by Crippen LogP contribution is 2.17. The summed E-state index contributed by atoms with van der Waals surface area (Å²) in [5.41, 5.74) is 0. The lowest BCUT2D eigenvalue weighted by atomic mass is 10.0. The van der Waals surface area contributed by atoms with Gasteiger partial charge in [-0.25, -0.2) is 0 Å². The Morgan fingerprint density at radius 3 is 0.785 bits per heavy atom. The molecule has 0 aliphatic heterocycles. The van der Waals surface area contributed by atoms with Gasteiger partial charge in [0.15, 0.2) is 6.10 Å². The summed E-state index contributed by atoms with van der Waals surface area (Å²) in [5, 5.41) is 0. The van der Waals surface area contributed by atoms with E-state index in [4.69, 9.17) is 14.2 Å². The van der Waals surface area contributed by atoms with Gasteiger partial charge in [-0.3, -0.25) is 14.4 Å². The lowest BCUT2D eigenvalue weighted by Crippen LogP contribution is -2.30. The molecule has 6 nitrogen and oxygen atoms in total. The molecule has 0 aromatic rings. The maximum atomic E-state index is 12.9. The van der Waals surface area contributed by atoms with Gasteiger partial charge in [-0.05, 0) is 96.3 Å². The van der Waals surface area contributed by atoms with E-state index in [0.29, 0.717) is 19.3 Å². The topological polar surface area (TPSA) is 78.9 Å². The highest BCUT2D eigenvalue weighted by Gasteiger charge is 2.19. The maximum Gasteiger partial charge on any atom is 0.306 e. The molecule has 0 aromatic heterocycles. The molecule has 0 saturated carbocycles. The first kappa shape index (κ1) is 75.6. The Kier molecular flexibility index (Phi) is 64.2. The number of carbonyl (C=O) groups is 3. The van der Waals surface area contributed by atoms with E-state index < -0.39 is 6.10 Å². The quantitative estimate of drug-likeness (QED) is 0.0261. The van der Waals surface area contributed by atoms with Crippen molar-refractivity contribution in [1.82, 2.24) is 0 Å². The van der Waals surface area contributed by atoms with Crippen molar-refractivity contribution in [2.45, 2.75) is 348 Å². The lowest BCUT2D eigenvalue weighted by Gasteiger charge is -2.18. The van der Waals surface area contributed by atoms with Crippen LogP contribution in [0.2, 0.25) is 0 Å². The van der Waals surface area contributed by atoms with Gasteiger partial charge in [-0.15, -0.1) is 0 Å². The van der Waals surface area contributed by atoms with Gasteiger partial charge in [0.25, 0.3) is 0 Å². The molecule has 0 N–H and O–H groups in total. The van der Waals surface area contributed by atoms with Gasteiger partial charge in [0, 0.05) is 19.3 Å². The Hall–Kier alpha value is -3.41. The second-order valence-electron chi connectivity index (χ2n) is 22.7. The second-order valence-corrected chi connectivity index (χ2v) is 22.7. The van der Waals surface area contributed by atoms with Crippen LogP contribution >= 0.6 is 0 Å². The van der Waals surface area contributed by atoms with Gasteiger partial charge in [0.2, 0.25) is 0 Å². The van der Waals surface area contributed by atoms with Crippen LogP contribution in [0.1, 0.15) is 342 Å². The molecule has 0 saturated heterocycles. The highest BCUT2D eigenvalue weighted by atomic mass is 16.6. The zero-order valence-electron chi connectivity index (χ0n) is 52.4. The van der Waals surface area contributed by atoms with Gasteiger partial charge in [0.05, 0.1) is 0 Å².